The van der Waals surface area contributed by atoms with Crippen molar-refractivity contribution in [3.8, 4) is 11.8 Å². The highest BCUT2D eigenvalue weighted by atomic mass is 16.3. The number of aromatic nitrogens is 2. The third kappa shape index (κ3) is 4.77. The smallest absolute Gasteiger partial charge is 0.226 e. The molecule has 154 valence electrons. The first-order valence-corrected chi connectivity index (χ1v) is 9.47. The van der Waals surface area contributed by atoms with Crippen molar-refractivity contribution in [1.29, 1.82) is 5.26 Å². The summed E-state index contributed by atoms with van der Waals surface area (Å²) in [5.74, 6) is 1.39. The fourth-order valence-electron chi connectivity index (χ4n) is 3.22. The van der Waals surface area contributed by atoms with Gasteiger partial charge in [-0.3, -0.25) is 0 Å². The summed E-state index contributed by atoms with van der Waals surface area (Å²) < 4.78 is 0. The van der Waals surface area contributed by atoms with Crippen molar-refractivity contribution >= 4 is 23.3 Å². The predicted molar refractivity (Wildman–Crippen MR) is 110 cm³/mol. The van der Waals surface area contributed by atoms with Crippen LogP contribution >= 0.6 is 0 Å². The SMILES string of the molecule is N#Cc1c(NCCO)nc(NCCO)nc1N1CCN(c2ccccc2O)CC1. The Bertz CT molecular complexity index is 863. The van der Waals surface area contributed by atoms with E-state index in [1.165, 1.54) is 0 Å². The minimum Gasteiger partial charge on any atom is -0.506 e. The average Bonchev–Trinajstić information content (AvgIpc) is 2.76. The number of benzene rings is 1. The van der Waals surface area contributed by atoms with Gasteiger partial charge in [0.25, 0.3) is 0 Å². The van der Waals surface area contributed by atoms with E-state index in [4.69, 9.17) is 10.2 Å². The Labute approximate surface area is 169 Å². The molecule has 0 atom stereocenters. The summed E-state index contributed by atoms with van der Waals surface area (Å²) >= 11 is 0. The lowest BCUT2D eigenvalue weighted by Gasteiger charge is -2.37. The van der Waals surface area contributed by atoms with E-state index in [2.05, 4.69) is 31.6 Å². The molecule has 29 heavy (non-hydrogen) atoms. The maximum atomic E-state index is 10.1. The quantitative estimate of drug-likeness (QED) is 0.418. The first-order chi connectivity index (χ1) is 14.2. The summed E-state index contributed by atoms with van der Waals surface area (Å²) in [6.07, 6.45) is 0. The van der Waals surface area contributed by atoms with E-state index in [-0.39, 0.29) is 32.1 Å². The molecule has 0 aliphatic carbocycles. The minimum atomic E-state index is -0.0944. The number of phenolic OH excluding ortho intramolecular Hbond substituents is 1. The van der Waals surface area contributed by atoms with Crippen molar-refractivity contribution in [2.24, 2.45) is 0 Å². The van der Waals surface area contributed by atoms with Crippen LogP contribution in [0.1, 0.15) is 5.56 Å². The van der Waals surface area contributed by atoms with Crippen LogP contribution < -0.4 is 20.4 Å². The van der Waals surface area contributed by atoms with Gasteiger partial charge in [-0.25, -0.2) is 0 Å². The summed E-state index contributed by atoms with van der Waals surface area (Å²) in [4.78, 5) is 12.9. The fourth-order valence-corrected chi connectivity index (χ4v) is 3.22. The Morgan fingerprint density at radius 3 is 2.28 bits per heavy atom. The molecule has 0 bridgehead atoms. The molecule has 1 aromatic carbocycles. The largest absolute Gasteiger partial charge is 0.506 e. The lowest BCUT2D eigenvalue weighted by Crippen LogP contribution is -2.47. The Hall–Kier alpha value is -3.29. The van der Waals surface area contributed by atoms with E-state index in [1.807, 2.05) is 17.0 Å². The number of hydrogen-bond donors (Lipinski definition) is 5. The van der Waals surface area contributed by atoms with Gasteiger partial charge in [-0.05, 0) is 12.1 Å². The monoisotopic (exact) mass is 399 g/mol. The van der Waals surface area contributed by atoms with Gasteiger partial charge in [0.05, 0.1) is 18.9 Å². The van der Waals surface area contributed by atoms with Gasteiger partial charge in [-0.1, -0.05) is 12.1 Å². The topological polar surface area (TPSA) is 141 Å². The summed E-state index contributed by atoms with van der Waals surface area (Å²) in [5, 5.41) is 43.8. The summed E-state index contributed by atoms with van der Waals surface area (Å²) in [5.41, 5.74) is 1.09. The lowest BCUT2D eigenvalue weighted by atomic mass is 10.2. The summed E-state index contributed by atoms with van der Waals surface area (Å²) in [6, 6.07) is 9.38. The molecular weight excluding hydrogens is 374 g/mol. The Morgan fingerprint density at radius 1 is 0.966 bits per heavy atom. The van der Waals surface area contributed by atoms with Crippen molar-refractivity contribution in [3.05, 3.63) is 29.8 Å². The molecule has 0 saturated carbocycles. The normalized spacial score (nSPS) is 13.8. The third-order valence-electron chi connectivity index (χ3n) is 4.60. The number of rotatable bonds is 8. The molecule has 0 unspecified atom stereocenters. The third-order valence-corrected chi connectivity index (χ3v) is 4.60. The van der Waals surface area contributed by atoms with Gasteiger partial charge in [-0.15, -0.1) is 0 Å². The average molecular weight is 399 g/mol. The standard InChI is InChI=1S/C19H25N7O3/c20-13-14-17(21-5-11-27)23-19(22-6-12-28)24-18(14)26-9-7-25(8-10-26)15-3-1-2-4-16(15)29/h1-4,27-29H,5-12H2,(H2,21,22,23,24). The molecule has 2 heterocycles. The molecule has 1 aromatic heterocycles. The van der Waals surface area contributed by atoms with Crippen LogP contribution in [-0.4, -0.2) is 77.8 Å². The van der Waals surface area contributed by atoms with E-state index in [0.717, 1.165) is 5.69 Å². The molecule has 1 saturated heterocycles. The molecular formula is C19H25N7O3. The van der Waals surface area contributed by atoms with Gasteiger partial charge < -0.3 is 35.8 Å². The number of para-hydroxylation sites is 2. The van der Waals surface area contributed by atoms with Gasteiger partial charge in [0.1, 0.15) is 17.4 Å². The van der Waals surface area contributed by atoms with Crippen LogP contribution in [0.3, 0.4) is 0 Å². The van der Waals surface area contributed by atoms with E-state index >= 15 is 0 Å². The van der Waals surface area contributed by atoms with Gasteiger partial charge in [-0.2, -0.15) is 15.2 Å². The number of nitrogens with one attached hydrogen (secondary N) is 2. The van der Waals surface area contributed by atoms with Crippen LogP contribution in [0.4, 0.5) is 23.3 Å². The molecule has 0 amide bonds. The van der Waals surface area contributed by atoms with Crippen LogP contribution in [0.5, 0.6) is 5.75 Å². The number of aromatic hydroxyl groups is 1. The molecule has 3 rings (SSSR count). The molecule has 1 fully saturated rings. The number of nitrogens with zero attached hydrogens (tertiary/aromatic N) is 5. The predicted octanol–water partition coefficient (Wildman–Crippen LogP) is 0.189. The fraction of sp³-hybridized carbons (Fsp3) is 0.421. The number of phenols is 1. The van der Waals surface area contributed by atoms with Crippen molar-refractivity contribution in [2.45, 2.75) is 0 Å². The number of aliphatic hydroxyl groups is 2. The Balaban J connectivity index is 1.83. The summed E-state index contributed by atoms with van der Waals surface area (Å²) in [7, 11) is 0. The van der Waals surface area contributed by atoms with Gasteiger partial charge in [0, 0.05) is 39.3 Å². The highest BCUT2D eigenvalue weighted by Gasteiger charge is 2.24. The maximum Gasteiger partial charge on any atom is 0.226 e. The highest BCUT2D eigenvalue weighted by Crippen LogP contribution is 2.30. The number of anilines is 4. The highest BCUT2D eigenvalue weighted by molar-refractivity contribution is 5.68. The van der Waals surface area contributed by atoms with Crippen molar-refractivity contribution < 1.29 is 15.3 Å². The lowest BCUT2D eigenvalue weighted by molar-refractivity contribution is 0.311. The minimum absolute atomic E-state index is 0.0721. The molecule has 0 radical (unpaired) electrons. The molecule has 10 heteroatoms. The second-order valence-electron chi connectivity index (χ2n) is 6.47. The number of nitriles is 1. The number of aliphatic hydroxyl groups excluding tert-OH is 2. The van der Waals surface area contributed by atoms with E-state index in [1.54, 1.807) is 12.1 Å². The molecule has 1 aliphatic rings. The van der Waals surface area contributed by atoms with Crippen molar-refractivity contribution in [2.75, 3.05) is 72.9 Å². The van der Waals surface area contributed by atoms with E-state index in [0.29, 0.717) is 49.3 Å². The Kier molecular flexibility index (Phi) is 6.89. The molecule has 0 spiro atoms. The van der Waals surface area contributed by atoms with Crippen LogP contribution in [0, 0.1) is 11.3 Å². The van der Waals surface area contributed by atoms with Crippen LogP contribution in [-0.2, 0) is 0 Å². The van der Waals surface area contributed by atoms with Gasteiger partial charge in [0.15, 0.2) is 11.6 Å². The molecule has 5 N–H and O–H groups in total. The number of hydrogen-bond acceptors (Lipinski definition) is 10. The molecule has 10 nitrogen and oxygen atoms in total. The zero-order valence-corrected chi connectivity index (χ0v) is 16.0. The number of piperazine rings is 1. The molecule has 2 aromatic rings. The second kappa shape index (κ2) is 9.77. The van der Waals surface area contributed by atoms with E-state index < -0.39 is 0 Å². The second-order valence-corrected chi connectivity index (χ2v) is 6.47. The van der Waals surface area contributed by atoms with Crippen LogP contribution in [0.15, 0.2) is 24.3 Å². The first-order valence-electron chi connectivity index (χ1n) is 9.47. The zero-order valence-electron chi connectivity index (χ0n) is 16.0. The van der Waals surface area contributed by atoms with Crippen molar-refractivity contribution in [1.82, 2.24) is 9.97 Å². The maximum absolute atomic E-state index is 10.1. The van der Waals surface area contributed by atoms with Gasteiger partial charge in [0.2, 0.25) is 5.95 Å². The first kappa shape index (κ1) is 20.4. The zero-order chi connectivity index (χ0) is 20.6. The van der Waals surface area contributed by atoms with Crippen molar-refractivity contribution in [3.63, 3.8) is 0 Å². The van der Waals surface area contributed by atoms with Crippen LogP contribution in [0.25, 0.3) is 0 Å². The van der Waals surface area contributed by atoms with E-state index in [9.17, 15) is 10.4 Å². The molecule has 1 aliphatic heterocycles. The van der Waals surface area contributed by atoms with Gasteiger partial charge >= 0.3 is 0 Å². The summed E-state index contributed by atoms with van der Waals surface area (Å²) in [6.45, 7) is 2.91. The van der Waals surface area contributed by atoms with Crippen LogP contribution in [0.2, 0.25) is 0 Å². The Morgan fingerprint density at radius 2 is 1.62 bits per heavy atom.